The van der Waals surface area contributed by atoms with E-state index in [0.717, 1.165) is 0 Å². The molecular formula is C10H12N4O2S. The van der Waals surface area contributed by atoms with Crippen LogP contribution in [0, 0.1) is 0 Å². The number of aromatic nitrogens is 1. The average molecular weight is 252 g/mol. The number of alkyl carbamates (subject to hydrolysis) is 1. The van der Waals surface area contributed by atoms with Crippen LogP contribution in [0.15, 0.2) is 29.5 Å². The van der Waals surface area contributed by atoms with E-state index < -0.39 is 6.09 Å². The summed E-state index contributed by atoms with van der Waals surface area (Å²) in [6.45, 7) is 1.99. The van der Waals surface area contributed by atoms with Gasteiger partial charge in [-0.2, -0.15) is 5.10 Å². The minimum Gasteiger partial charge on any atom is -0.450 e. The summed E-state index contributed by atoms with van der Waals surface area (Å²) in [5, 5.41) is 6.16. The molecule has 0 saturated carbocycles. The highest BCUT2D eigenvalue weighted by Gasteiger charge is 2.02. The fraction of sp³-hybridized carbons (Fsp3) is 0.200. The van der Waals surface area contributed by atoms with Crippen molar-refractivity contribution in [1.29, 1.82) is 0 Å². The maximum absolute atomic E-state index is 11.0. The average Bonchev–Trinajstić information content (AvgIpc) is 2.30. The molecule has 1 aromatic heterocycles. The molecule has 0 saturated heterocycles. The Bertz CT molecular complexity index is 408. The number of hydrogen-bond acceptors (Lipinski definition) is 5. The number of rotatable bonds is 3. The Morgan fingerprint density at radius 2 is 2.47 bits per heavy atom. The summed E-state index contributed by atoms with van der Waals surface area (Å²) in [7, 11) is 0. The van der Waals surface area contributed by atoms with Gasteiger partial charge in [-0.1, -0.05) is 6.07 Å². The summed E-state index contributed by atoms with van der Waals surface area (Å²) in [5.41, 5.74) is 3.15. The number of hydrazone groups is 1. The zero-order chi connectivity index (χ0) is 12.5. The fourth-order valence-electron chi connectivity index (χ4n) is 0.897. The van der Waals surface area contributed by atoms with Gasteiger partial charge < -0.3 is 4.74 Å². The summed E-state index contributed by atoms with van der Waals surface area (Å²) in [6, 6.07) is 5.42. The van der Waals surface area contributed by atoms with Gasteiger partial charge in [-0.05, 0) is 31.3 Å². The normalized spacial score (nSPS) is 9.94. The number of amides is 1. The molecule has 1 aromatic rings. The van der Waals surface area contributed by atoms with Gasteiger partial charge in [-0.25, -0.2) is 4.79 Å². The van der Waals surface area contributed by atoms with Crippen molar-refractivity contribution < 1.29 is 9.53 Å². The topological polar surface area (TPSA) is 75.6 Å². The molecule has 1 rings (SSSR count). The zero-order valence-electron chi connectivity index (χ0n) is 9.21. The van der Waals surface area contributed by atoms with Crippen molar-refractivity contribution in [3.05, 3.63) is 30.1 Å². The second-order valence-electron chi connectivity index (χ2n) is 2.80. The molecule has 0 bridgehead atoms. The number of nitrogens with one attached hydrogen (secondary N) is 2. The van der Waals surface area contributed by atoms with Gasteiger partial charge in [-0.3, -0.25) is 15.7 Å². The van der Waals surface area contributed by atoms with Crippen LogP contribution in [-0.2, 0) is 4.74 Å². The molecule has 0 aliphatic heterocycles. The van der Waals surface area contributed by atoms with E-state index in [9.17, 15) is 4.79 Å². The lowest BCUT2D eigenvalue weighted by molar-refractivity contribution is 0.157. The first-order valence-corrected chi connectivity index (χ1v) is 5.31. The van der Waals surface area contributed by atoms with Crippen molar-refractivity contribution in [3.63, 3.8) is 0 Å². The first kappa shape index (κ1) is 13.0. The Labute approximate surface area is 104 Å². The maximum atomic E-state index is 11.0. The number of pyridine rings is 1. The third-order valence-corrected chi connectivity index (χ3v) is 1.74. The largest absolute Gasteiger partial charge is 0.450 e. The maximum Gasteiger partial charge on any atom is 0.413 e. The summed E-state index contributed by atoms with van der Waals surface area (Å²) >= 11 is 4.80. The van der Waals surface area contributed by atoms with E-state index in [0.29, 0.717) is 5.69 Å². The quantitative estimate of drug-likeness (QED) is 0.477. The van der Waals surface area contributed by atoms with Gasteiger partial charge in [0.1, 0.15) is 0 Å². The van der Waals surface area contributed by atoms with Gasteiger partial charge in [0.05, 0.1) is 18.5 Å². The molecule has 0 aliphatic carbocycles. The van der Waals surface area contributed by atoms with Crippen molar-refractivity contribution in [2.75, 3.05) is 6.61 Å². The number of carbonyl (C=O) groups excluding carboxylic acids is 1. The SMILES string of the molecule is CCOC(=O)NC(=S)NN=Cc1ccccn1. The van der Waals surface area contributed by atoms with E-state index in [1.54, 1.807) is 25.3 Å². The lowest BCUT2D eigenvalue weighted by Gasteiger charge is -2.04. The van der Waals surface area contributed by atoms with Crippen LogP contribution < -0.4 is 10.7 Å². The Balaban J connectivity index is 2.33. The molecule has 90 valence electrons. The summed E-state index contributed by atoms with van der Waals surface area (Å²) < 4.78 is 4.64. The van der Waals surface area contributed by atoms with Gasteiger partial charge in [-0.15, -0.1) is 0 Å². The summed E-state index contributed by atoms with van der Waals surface area (Å²) in [4.78, 5) is 15.0. The van der Waals surface area contributed by atoms with E-state index in [4.69, 9.17) is 12.2 Å². The van der Waals surface area contributed by atoms with Crippen molar-refractivity contribution >= 4 is 29.6 Å². The molecule has 0 aromatic carbocycles. The van der Waals surface area contributed by atoms with Gasteiger partial charge in [0.25, 0.3) is 0 Å². The Morgan fingerprint density at radius 1 is 1.65 bits per heavy atom. The highest BCUT2D eigenvalue weighted by molar-refractivity contribution is 7.80. The lowest BCUT2D eigenvalue weighted by atomic mass is 10.4. The van der Waals surface area contributed by atoms with Gasteiger partial charge >= 0.3 is 6.09 Å². The minimum absolute atomic E-state index is 0.0654. The Hall–Kier alpha value is -2.02. The molecule has 0 unspecified atom stereocenters. The highest BCUT2D eigenvalue weighted by Crippen LogP contribution is 1.87. The van der Waals surface area contributed by atoms with Crippen LogP contribution in [0.4, 0.5) is 4.79 Å². The van der Waals surface area contributed by atoms with Crippen LogP contribution in [0.5, 0.6) is 0 Å². The smallest absolute Gasteiger partial charge is 0.413 e. The van der Waals surface area contributed by atoms with Crippen LogP contribution in [0.1, 0.15) is 12.6 Å². The number of nitrogens with zero attached hydrogens (tertiary/aromatic N) is 2. The second-order valence-corrected chi connectivity index (χ2v) is 3.21. The van der Waals surface area contributed by atoms with Crippen molar-refractivity contribution in [2.24, 2.45) is 5.10 Å². The molecule has 0 fully saturated rings. The van der Waals surface area contributed by atoms with E-state index in [2.05, 4.69) is 25.6 Å². The third-order valence-electron chi connectivity index (χ3n) is 1.54. The molecule has 0 aliphatic rings. The standard InChI is InChI=1S/C10H12N4O2S/c1-2-16-10(15)13-9(17)14-12-7-8-5-3-4-6-11-8/h3-7H,2H2,1H3,(H2,13,14,15,17). The molecule has 0 radical (unpaired) electrons. The minimum atomic E-state index is -0.613. The molecule has 1 amide bonds. The first-order valence-electron chi connectivity index (χ1n) is 4.90. The number of hydrogen-bond donors (Lipinski definition) is 2. The monoisotopic (exact) mass is 252 g/mol. The highest BCUT2D eigenvalue weighted by atomic mass is 32.1. The van der Waals surface area contributed by atoms with Crippen LogP contribution in [-0.4, -0.2) is 29.0 Å². The predicted molar refractivity (Wildman–Crippen MR) is 67.7 cm³/mol. The Morgan fingerprint density at radius 3 is 3.12 bits per heavy atom. The molecule has 7 heteroatoms. The molecule has 6 nitrogen and oxygen atoms in total. The van der Waals surface area contributed by atoms with E-state index in [1.165, 1.54) is 6.21 Å². The van der Waals surface area contributed by atoms with E-state index in [1.807, 2.05) is 6.07 Å². The van der Waals surface area contributed by atoms with Crippen LogP contribution >= 0.6 is 12.2 Å². The van der Waals surface area contributed by atoms with E-state index >= 15 is 0 Å². The summed E-state index contributed by atoms with van der Waals surface area (Å²) in [5.74, 6) is 0. The predicted octanol–water partition coefficient (Wildman–Crippen LogP) is 1.04. The second kappa shape index (κ2) is 7.29. The van der Waals surface area contributed by atoms with Crippen LogP contribution in [0.2, 0.25) is 0 Å². The zero-order valence-corrected chi connectivity index (χ0v) is 10.0. The first-order chi connectivity index (χ1) is 8.22. The summed E-state index contributed by atoms with van der Waals surface area (Å²) in [6.07, 6.45) is 2.52. The molecule has 0 spiro atoms. The lowest BCUT2D eigenvalue weighted by Crippen LogP contribution is -2.37. The van der Waals surface area contributed by atoms with Gasteiger partial charge in [0.15, 0.2) is 5.11 Å². The van der Waals surface area contributed by atoms with Gasteiger partial charge in [0.2, 0.25) is 0 Å². The van der Waals surface area contributed by atoms with Crippen molar-refractivity contribution in [1.82, 2.24) is 15.7 Å². The molecule has 1 heterocycles. The van der Waals surface area contributed by atoms with Gasteiger partial charge in [0, 0.05) is 6.20 Å². The van der Waals surface area contributed by atoms with Crippen molar-refractivity contribution in [3.8, 4) is 0 Å². The fourth-order valence-corrected chi connectivity index (χ4v) is 1.03. The van der Waals surface area contributed by atoms with E-state index in [-0.39, 0.29) is 11.7 Å². The van der Waals surface area contributed by atoms with Crippen LogP contribution in [0.3, 0.4) is 0 Å². The number of thiocarbonyl (C=S) groups is 1. The van der Waals surface area contributed by atoms with Crippen LogP contribution in [0.25, 0.3) is 0 Å². The third kappa shape index (κ3) is 5.57. The molecule has 2 N–H and O–H groups in total. The molecule has 0 atom stereocenters. The molecular weight excluding hydrogens is 240 g/mol. The van der Waals surface area contributed by atoms with Crippen molar-refractivity contribution in [2.45, 2.75) is 6.92 Å². The molecule has 17 heavy (non-hydrogen) atoms. The Kier molecular flexibility index (Phi) is 5.59. The number of carbonyl (C=O) groups is 1. The number of ether oxygens (including phenoxy) is 1.